The van der Waals surface area contributed by atoms with Gasteiger partial charge in [-0.15, -0.1) is 12.4 Å². The number of amides is 1. The second-order valence-electron chi connectivity index (χ2n) is 5.18. The molecule has 0 bridgehead atoms. The number of likely N-dealkylation sites (N-methyl/N-ethyl adjacent to an activating group) is 1. The Balaban J connectivity index is 0.00000361. The molecular formula is C15H25ClN2O2. The summed E-state index contributed by atoms with van der Waals surface area (Å²) in [6.45, 7) is 4.38. The molecule has 0 aromatic heterocycles. The maximum absolute atomic E-state index is 12.3. The Kier molecular flexibility index (Phi) is 7.61. The summed E-state index contributed by atoms with van der Waals surface area (Å²) in [7, 11) is 3.42. The van der Waals surface area contributed by atoms with Gasteiger partial charge in [0.05, 0.1) is 12.6 Å². The Labute approximate surface area is 127 Å². The van der Waals surface area contributed by atoms with Crippen LogP contribution in [-0.4, -0.2) is 30.5 Å². The third-order valence-electron chi connectivity index (χ3n) is 3.18. The fraction of sp³-hybridized carbons (Fsp3) is 0.533. The number of ether oxygens (including phenoxy) is 1. The smallest absolute Gasteiger partial charge is 0.242 e. The molecule has 0 spiro atoms. The Morgan fingerprint density at radius 1 is 1.35 bits per heavy atom. The molecule has 2 N–H and O–H groups in total. The van der Waals surface area contributed by atoms with Gasteiger partial charge in [-0.1, -0.05) is 25.5 Å². The molecule has 0 radical (unpaired) electrons. The Morgan fingerprint density at radius 2 is 1.90 bits per heavy atom. The number of benzene rings is 1. The van der Waals surface area contributed by atoms with E-state index in [0.717, 1.165) is 17.7 Å². The van der Waals surface area contributed by atoms with E-state index in [2.05, 4.69) is 0 Å². The maximum Gasteiger partial charge on any atom is 0.242 e. The molecule has 4 nitrogen and oxygen atoms in total. The molecule has 114 valence electrons. The normalized spacial score (nSPS) is 13.1. The fourth-order valence-electron chi connectivity index (χ4n) is 2.14. The van der Waals surface area contributed by atoms with Gasteiger partial charge in [-0.3, -0.25) is 4.79 Å². The van der Waals surface area contributed by atoms with Crippen molar-refractivity contribution in [3.63, 3.8) is 0 Å². The second kappa shape index (κ2) is 8.12. The molecule has 1 atom stereocenters. The molecule has 0 saturated heterocycles. The summed E-state index contributed by atoms with van der Waals surface area (Å²) in [6, 6.07) is 7.69. The van der Waals surface area contributed by atoms with E-state index in [1.807, 2.05) is 31.2 Å². The predicted molar refractivity (Wildman–Crippen MR) is 84.2 cm³/mol. The summed E-state index contributed by atoms with van der Waals surface area (Å²) < 4.78 is 5.11. The number of methoxy groups -OCH3 is 1. The summed E-state index contributed by atoms with van der Waals surface area (Å²) in [5.74, 6) is 0.789. The Morgan fingerprint density at radius 3 is 2.35 bits per heavy atom. The monoisotopic (exact) mass is 300 g/mol. The summed E-state index contributed by atoms with van der Waals surface area (Å²) in [5, 5.41) is 0. The molecule has 0 aliphatic rings. The zero-order chi connectivity index (χ0) is 14.5. The number of nitrogens with two attached hydrogens (primary N) is 1. The van der Waals surface area contributed by atoms with Gasteiger partial charge in [0.25, 0.3) is 0 Å². The van der Waals surface area contributed by atoms with Crippen LogP contribution in [0.15, 0.2) is 24.3 Å². The molecule has 1 aromatic carbocycles. The van der Waals surface area contributed by atoms with Crippen molar-refractivity contribution < 1.29 is 9.53 Å². The summed E-state index contributed by atoms with van der Waals surface area (Å²) in [4.78, 5) is 13.9. The Hall–Kier alpha value is -1.26. The summed E-state index contributed by atoms with van der Waals surface area (Å²) in [5.41, 5.74) is 6.34. The van der Waals surface area contributed by atoms with Crippen LogP contribution in [0.5, 0.6) is 5.75 Å². The highest BCUT2D eigenvalue weighted by atomic mass is 35.5. The van der Waals surface area contributed by atoms with E-state index >= 15 is 0 Å². The van der Waals surface area contributed by atoms with E-state index < -0.39 is 5.54 Å². The summed E-state index contributed by atoms with van der Waals surface area (Å²) >= 11 is 0. The average molecular weight is 301 g/mol. The zero-order valence-electron chi connectivity index (χ0n) is 12.7. The first-order chi connectivity index (χ1) is 8.90. The van der Waals surface area contributed by atoms with Crippen molar-refractivity contribution in [2.24, 2.45) is 5.73 Å². The minimum absolute atomic E-state index is 0. The number of rotatable bonds is 6. The first-order valence-electron chi connectivity index (χ1n) is 6.58. The molecular weight excluding hydrogens is 276 g/mol. The molecule has 0 saturated carbocycles. The number of halogens is 1. The van der Waals surface area contributed by atoms with Crippen LogP contribution < -0.4 is 10.5 Å². The highest BCUT2D eigenvalue weighted by Crippen LogP contribution is 2.16. The van der Waals surface area contributed by atoms with Crippen molar-refractivity contribution in [3.8, 4) is 5.75 Å². The average Bonchev–Trinajstić information content (AvgIpc) is 2.38. The molecule has 20 heavy (non-hydrogen) atoms. The SMILES string of the molecule is CCCC(C)(N)C(=O)N(C)Cc1ccc(OC)cc1.Cl. The van der Waals surface area contributed by atoms with Crippen LogP contribution in [0.4, 0.5) is 0 Å². The molecule has 0 fully saturated rings. The minimum Gasteiger partial charge on any atom is -0.497 e. The van der Waals surface area contributed by atoms with Crippen LogP contribution in [-0.2, 0) is 11.3 Å². The van der Waals surface area contributed by atoms with Crippen LogP contribution in [0.25, 0.3) is 0 Å². The Bertz CT molecular complexity index is 418. The van der Waals surface area contributed by atoms with E-state index in [1.165, 1.54) is 0 Å². The van der Waals surface area contributed by atoms with Gasteiger partial charge in [0.1, 0.15) is 5.75 Å². The lowest BCUT2D eigenvalue weighted by molar-refractivity contribution is -0.135. The highest BCUT2D eigenvalue weighted by Gasteiger charge is 2.29. The van der Waals surface area contributed by atoms with Crippen molar-refractivity contribution in [1.82, 2.24) is 4.90 Å². The van der Waals surface area contributed by atoms with E-state index in [-0.39, 0.29) is 18.3 Å². The molecule has 0 aliphatic carbocycles. The van der Waals surface area contributed by atoms with Crippen molar-refractivity contribution in [2.75, 3.05) is 14.2 Å². The number of hydrogen-bond donors (Lipinski definition) is 1. The minimum atomic E-state index is -0.782. The molecule has 1 unspecified atom stereocenters. The number of carbonyl (C=O) groups excluding carboxylic acids is 1. The largest absolute Gasteiger partial charge is 0.497 e. The van der Waals surface area contributed by atoms with Gasteiger partial charge >= 0.3 is 0 Å². The van der Waals surface area contributed by atoms with E-state index in [9.17, 15) is 4.79 Å². The standard InChI is InChI=1S/C15H24N2O2.ClH/c1-5-10-15(2,16)14(18)17(3)11-12-6-8-13(19-4)9-7-12;/h6-9H,5,10-11,16H2,1-4H3;1H. The van der Waals surface area contributed by atoms with Crippen LogP contribution in [0.1, 0.15) is 32.3 Å². The van der Waals surface area contributed by atoms with E-state index in [1.54, 1.807) is 26.0 Å². The fourth-order valence-corrected chi connectivity index (χ4v) is 2.14. The summed E-state index contributed by atoms with van der Waals surface area (Å²) in [6.07, 6.45) is 1.59. The molecule has 1 aromatic rings. The number of nitrogens with zero attached hydrogens (tertiary/aromatic N) is 1. The van der Waals surface area contributed by atoms with Crippen LogP contribution in [0.2, 0.25) is 0 Å². The van der Waals surface area contributed by atoms with Crippen LogP contribution in [0, 0.1) is 0 Å². The van der Waals surface area contributed by atoms with Gasteiger partial charge in [0.15, 0.2) is 0 Å². The lowest BCUT2D eigenvalue weighted by Crippen LogP contribution is -2.51. The van der Waals surface area contributed by atoms with Gasteiger partial charge in [0, 0.05) is 13.6 Å². The van der Waals surface area contributed by atoms with Crippen molar-refractivity contribution in [2.45, 2.75) is 38.8 Å². The van der Waals surface area contributed by atoms with Gasteiger partial charge in [-0.05, 0) is 31.0 Å². The van der Waals surface area contributed by atoms with E-state index in [0.29, 0.717) is 13.0 Å². The van der Waals surface area contributed by atoms with Crippen molar-refractivity contribution in [3.05, 3.63) is 29.8 Å². The lowest BCUT2D eigenvalue weighted by atomic mass is 9.96. The molecule has 0 aliphatic heterocycles. The zero-order valence-corrected chi connectivity index (χ0v) is 13.5. The molecule has 5 heteroatoms. The first-order valence-corrected chi connectivity index (χ1v) is 6.58. The van der Waals surface area contributed by atoms with Gasteiger partial charge < -0.3 is 15.4 Å². The van der Waals surface area contributed by atoms with Gasteiger partial charge in [0.2, 0.25) is 5.91 Å². The first kappa shape index (κ1) is 18.7. The molecule has 0 heterocycles. The third kappa shape index (κ3) is 5.02. The highest BCUT2D eigenvalue weighted by molar-refractivity contribution is 5.85. The topological polar surface area (TPSA) is 55.6 Å². The maximum atomic E-state index is 12.3. The van der Waals surface area contributed by atoms with E-state index in [4.69, 9.17) is 10.5 Å². The van der Waals surface area contributed by atoms with Crippen LogP contribution >= 0.6 is 12.4 Å². The number of carbonyl (C=O) groups is 1. The van der Waals surface area contributed by atoms with Crippen LogP contribution in [0.3, 0.4) is 0 Å². The van der Waals surface area contributed by atoms with Crippen molar-refractivity contribution in [1.29, 1.82) is 0 Å². The molecule has 1 amide bonds. The lowest BCUT2D eigenvalue weighted by Gasteiger charge is -2.29. The quantitative estimate of drug-likeness (QED) is 0.878. The van der Waals surface area contributed by atoms with Crippen molar-refractivity contribution >= 4 is 18.3 Å². The van der Waals surface area contributed by atoms with Gasteiger partial charge in [-0.2, -0.15) is 0 Å². The second-order valence-corrected chi connectivity index (χ2v) is 5.18. The molecule has 1 rings (SSSR count). The van der Waals surface area contributed by atoms with Gasteiger partial charge in [-0.25, -0.2) is 0 Å². The predicted octanol–water partition coefficient (Wildman–Crippen LogP) is 2.59. The third-order valence-corrected chi connectivity index (χ3v) is 3.18. The number of hydrogen-bond acceptors (Lipinski definition) is 3.